The van der Waals surface area contributed by atoms with Crippen molar-refractivity contribution in [2.75, 3.05) is 26.2 Å². The van der Waals surface area contributed by atoms with Gasteiger partial charge in [-0.1, -0.05) is 16.9 Å². The first-order valence-corrected chi connectivity index (χ1v) is 8.78. The molecular weight excluding hydrogens is 330 g/mol. The molecule has 0 atom stereocenters. The summed E-state index contributed by atoms with van der Waals surface area (Å²) in [5.74, 6) is 0.384. The smallest absolute Gasteiger partial charge is 0.324 e. The Hall–Kier alpha value is -2.22. The minimum atomic E-state index is -0.493. The molecule has 24 heavy (non-hydrogen) atoms. The van der Waals surface area contributed by atoms with Gasteiger partial charge in [0.25, 0.3) is 5.91 Å². The number of allylic oxidation sites excluding steroid dienone is 1. The third kappa shape index (κ3) is 3.64. The number of thiophene rings is 1. The quantitative estimate of drug-likeness (QED) is 0.474. The highest BCUT2D eigenvalue weighted by Crippen LogP contribution is 2.36. The molecule has 1 aromatic rings. The van der Waals surface area contributed by atoms with Gasteiger partial charge in [-0.25, -0.2) is 0 Å². The zero-order valence-electron chi connectivity index (χ0n) is 13.4. The standard InChI is InChI=1S/C16H19N3O4S/c1-11(12-2-3-12)10-14(20)17-6-8-18(9-7-17)16(21)13-4-5-15(24-13)19(22)23/h4-5,10,12H,2-3,6-9H2,1H3/b11-10+. The van der Waals surface area contributed by atoms with Crippen molar-refractivity contribution in [3.05, 3.63) is 38.8 Å². The lowest BCUT2D eigenvalue weighted by atomic mass is 10.1. The average Bonchev–Trinajstić information content (AvgIpc) is 3.31. The van der Waals surface area contributed by atoms with E-state index in [4.69, 9.17) is 0 Å². The number of nitro groups is 1. The summed E-state index contributed by atoms with van der Waals surface area (Å²) in [4.78, 5) is 38.6. The molecule has 0 spiro atoms. The van der Waals surface area contributed by atoms with Crippen molar-refractivity contribution in [2.24, 2.45) is 5.92 Å². The van der Waals surface area contributed by atoms with Gasteiger partial charge in [0.05, 0.1) is 9.80 Å². The number of carbonyl (C=O) groups is 2. The molecule has 0 radical (unpaired) electrons. The molecule has 2 fully saturated rings. The second kappa shape index (κ2) is 6.72. The van der Waals surface area contributed by atoms with Gasteiger partial charge in [0, 0.05) is 38.3 Å². The molecule has 2 amide bonds. The average molecular weight is 349 g/mol. The van der Waals surface area contributed by atoms with E-state index in [2.05, 4.69) is 0 Å². The number of hydrogen-bond acceptors (Lipinski definition) is 5. The van der Waals surface area contributed by atoms with Crippen LogP contribution in [0.1, 0.15) is 29.4 Å². The van der Waals surface area contributed by atoms with Gasteiger partial charge in [-0.05, 0) is 31.7 Å². The van der Waals surface area contributed by atoms with Gasteiger partial charge < -0.3 is 9.80 Å². The maximum atomic E-state index is 12.4. The molecule has 1 saturated carbocycles. The predicted molar refractivity (Wildman–Crippen MR) is 89.9 cm³/mol. The van der Waals surface area contributed by atoms with E-state index in [0.29, 0.717) is 37.0 Å². The van der Waals surface area contributed by atoms with Crippen molar-refractivity contribution in [1.29, 1.82) is 0 Å². The van der Waals surface area contributed by atoms with Crippen molar-refractivity contribution in [3.8, 4) is 0 Å². The lowest BCUT2D eigenvalue weighted by Crippen LogP contribution is -2.50. The lowest BCUT2D eigenvalue weighted by Gasteiger charge is -2.34. The van der Waals surface area contributed by atoms with Crippen LogP contribution in [0.15, 0.2) is 23.8 Å². The van der Waals surface area contributed by atoms with Gasteiger partial charge in [-0.15, -0.1) is 0 Å². The van der Waals surface area contributed by atoms with E-state index >= 15 is 0 Å². The molecule has 128 valence electrons. The summed E-state index contributed by atoms with van der Waals surface area (Å²) >= 11 is 0.888. The molecule has 3 rings (SSSR count). The molecule has 8 heteroatoms. The summed E-state index contributed by atoms with van der Waals surface area (Å²) in [5.41, 5.74) is 1.14. The fraction of sp³-hybridized carbons (Fsp3) is 0.500. The van der Waals surface area contributed by atoms with Crippen molar-refractivity contribution in [2.45, 2.75) is 19.8 Å². The number of rotatable bonds is 4. The van der Waals surface area contributed by atoms with Gasteiger partial charge in [0.1, 0.15) is 0 Å². The topological polar surface area (TPSA) is 83.8 Å². The summed E-state index contributed by atoms with van der Waals surface area (Å²) < 4.78 is 0. The minimum Gasteiger partial charge on any atom is -0.336 e. The molecule has 2 aliphatic rings. The zero-order valence-corrected chi connectivity index (χ0v) is 14.3. The van der Waals surface area contributed by atoms with Crippen LogP contribution in [-0.2, 0) is 4.79 Å². The van der Waals surface area contributed by atoms with Crippen LogP contribution in [0.5, 0.6) is 0 Å². The lowest BCUT2D eigenvalue weighted by molar-refractivity contribution is -0.380. The van der Waals surface area contributed by atoms with E-state index in [1.54, 1.807) is 15.9 Å². The molecule has 1 aliphatic heterocycles. The van der Waals surface area contributed by atoms with Gasteiger partial charge in [-0.3, -0.25) is 19.7 Å². The molecule has 1 aromatic heterocycles. The monoisotopic (exact) mass is 349 g/mol. The van der Waals surface area contributed by atoms with Crippen LogP contribution in [-0.4, -0.2) is 52.7 Å². The summed E-state index contributed by atoms with van der Waals surface area (Å²) in [5, 5.41) is 10.7. The molecule has 1 saturated heterocycles. The third-order valence-electron chi connectivity index (χ3n) is 4.43. The van der Waals surface area contributed by atoms with Crippen LogP contribution in [0.3, 0.4) is 0 Å². The van der Waals surface area contributed by atoms with Crippen LogP contribution in [0, 0.1) is 16.0 Å². The fourth-order valence-corrected chi connectivity index (χ4v) is 3.56. The first-order chi connectivity index (χ1) is 11.5. The molecule has 2 heterocycles. The summed E-state index contributed by atoms with van der Waals surface area (Å²) in [6.45, 7) is 3.89. The Morgan fingerprint density at radius 3 is 2.38 bits per heavy atom. The van der Waals surface area contributed by atoms with Crippen molar-refractivity contribution >= 4 is 28.2 Å². The third-order valence-corrected chi connectivity index (χ3v) is 5.46. The Balaban J connectivity index is 1.56. The van der Waals surface area contributed by atoms with Crippen molar-refractivity contribution in [1.82, 2.24) is 9.80 Å². The van der Waals surface area contributed by atoms with Gasteiger partial charge in [0.15, 0.2) is 0 Å². The summed E-state index contributed by atoms with van der Waals surface area (Å²) in [7, 11) is 0. The van der Waals surface area contributed by atoms with E-state index in [0.717, 1.165) is 16.9 Å². The van der Waals surface area contributed by atoms with E-state index in [1.165, 1.54) is 25.0 Å². The number of nitrogens with zero attached hydrogens (tertiary/aromatic N) is 3. The zero-order chi connectivity index (χ0) is 17.3. The van der Waals surface area contributed by atoms with Crippen LogP contribution in [0.2, 0.25) is 0 Å². The number of piperazine rings is 1. The van der Waals surface area contributed by atoms with Crippen LogP contribution < -0.4 is 0 Å². The first-order valence-electron chi connectivity index (χ1n) is 7.96. The van der Waals surface area contributed by atoms with Crippen LogP contribution in [0.4, 0.5) is 5.00 Å². The second-order valence-electron chi connectivity index (χ2n) is 6.18. The summed E-state index contributed by atoms with van der Waals surface area (Å²) in [6, 6.07) is 2.84. The van der Waals surface area contributed by atoms with Crippen LogP contribution >= 0.6 is 11.3 Å². The minimum absolute atomic E-state index is 0.0123. The predicted octanol–water partition coefficient (Wildman–Crippen LogP) is 2.30. The van der Waals surface area contributed by atoms with Gasteiger partial charge in [-0.2, -0.15) is 0 Å². The molecule has 7 nitrogen and oxygen atoms in total. The maximum Gasteiger partial charge on any atom is 0.324 e. The SMILES string of the molecule is C/C(=C\C(=O)N1CCN(C(=O)c2ccc([N+](=O)[O-])s2)CC1)C1CC1. The van der Waals surface area contributed by atoms with Gasteiger partial charge >= 0.3 is 5.00 Å². The normalized spacial score (nSPS) is 18.6. The van der Waals surface area contributed by atoms with E-state index in [9.17, 15) is 19.7 Å². The first kappa shape index (κ1) is 16.6. The fourth-order valence-electron chi connectivity index (χ4n) is 2.77. The molecule has 1 aliphatic carbocycles. The Morgan fingerprint density at radius 2 is 1.83 bits per heavy atom. The van der Waals surface area contributed by atoms with Crippen molar-refractivity contribution < 1.29 is 14.5 Å². The van der Waals surface area contributed by atoms with Crippen molar-refractivity contribution in [3.63, 3.8) is 0 Å². The van der Waals surface area contributed by atoms with E-state index in [1.807, 2.05) is 6.92 Å². The molecule has 0 N–H and O–H groups in total. The number of amides is 2. The maximum absolute atomic E-state index is 12.4. The van der Waals surface area contributed by atoms with E-state index < -0.39 is 4.92 Å². The highest BCUT2D eigenvalue weighted by Gasteiger charge is 2.28. The molecular formula is C16H19N3O4S. The van der Waals surface area contributed by atoms with Crippen LogP contribution in [0.25, 0.3) is 0 Å². The highest BCUT2D eigenvalue weighted by atomic mass is 32.1. The second-order valence-corrected chi connectivity index (χ2v) is 7.24. The largest absolute Gasteiger partial charge is 0.336 e. The Bertz CT molecular complexity index is 700. The Morgan fingerprint density at radius 1 is 1.21 bits per heavy atom. The highest BCUT2D eigenvalue weighted by molar-refractivity contribution is 7.17. The Labute approximate surface area is 143 Å². The van der Waals surface area contributed by atoms with E-state index in [-0.39, 0.29) is 16.8 Å². The van der Waals surface area contributed by atoms with Gasteiger partial charge in [0.2, 0.25) is 5.91 Å². The molecule has 0 unspecified atom stereocenters. The Kier molecular flexibility index (Phi) is 4.66. The molecule has 0 aromatic carbocycles. The summed E-state index contributed by atoms with van der Waals surface area (Å²) in [6.07, 6.45) is 4.06. The number of hydrogen-bond donors (Lipinski definition) is 0. The molecule has 0 bridgehead atoms. The number of carbonyl (C=O) groups excluding carboxylic acids is 2.